The van der Waals surface area contributed by atoms with Crippen LogP contribution in [0.25, 0.3) is 22.4 Å². The quantitative estimate of drug-likeness (QED) is 0.415. The molecule has 0 amide bonds. The molecule has 0 saturated carbocycles. The Kier molecular flexibility index (Phi) is 5.72. The summed E-state index contributed by atoms with van der Waals surface area (Å²) in [5, 5.41) is 0.493. The van der Waals surface area contributed by atoms with Gasteiger partial charge in [-0.3, -0.25) is 4.57 Å². The number of pyridine rings is 1. The first-order valence-electron chi connectivity index (χ1n) is 8.37. The fourth-order valence-corrected chi connectivity index (χ4v) is 3.80. The molecule has 1 N–H and O–H groups in total. The number of nitrogens with zero attached hydrogens (tertiary/aromatic N) is 2. The van der Waals surface area contributed by atoms with Gasteiger partial charge >= 0.3 is 5.69 Å². The molecule has 0 radical (unpaired) electrons. The van der Waals surface area contributed by atoms with E-state index in [4.69, 9.17) is 16.3 Å². The minimum Gasteiger partial charge on any atom is -0.361 e. The highest BCUT2D eigenvalue weighted by molar-refractivity contribution is 9.10. The summed E-state index contributed by atoms with van der Waals surface area (Å²) in [6.45, 7) is 7.70. The van der Waals surface area contributed by atoms with Crippen LogP contribution < -0.4 is 5.69 Å². The molecule has 8 heteroatoms. The average molecular weight is 455 g/mol. The lowest BCUT2D eigenvalue weighted by Gasteiger charge is -2.15. The lowest BCUT2D eigenvalue weighted by Crippen LogP contribution is -2.24. The number of aromatic nitrogens is 3. The normalized spacial score (nSPS) is 12.0. The van der Waals surface area contributed by atoms with Crippen molar-refractivity contribution in [3.8, 4) is 11.3 Å². The molecule has 0 bridgehead atoms. The highest BCUT2D eigenvalue weighted by atomic mass is 79.9. The smallest absolute Gasteiger partial charge is 0.329 e. The molecule has 2 aromatic heterocycles. The number of halogens is 2. The fraction of sp³-hybridized carbons (Fsp3) is 0.333. The zero-order valence-electron chi connectivity index (χ0n) is 15.0. The maximum Gasteiger partial charge on any atom is 0.329 e. The SMILES string of the molecule is C[Si](C)(C)CCOCn1c(=O)[nH]c2cc(Cl)c(-c3ccc(Br)cc3)nc21. The van der Waals surface area contributed by atoms with Crippen LogP contribution in [0.1, 0.15) is 0 Å². The number of rotatable bonds is 6. The molecule has 0 spiro atoms. The lowest BCUT2D eigenvalue weighted by atomic mass is 10.1. The molecule has 26 heavy (non-hydrogen) atoms. The average Bonchev–Trinajstić information content (AvgIpc) is 2.85. The van der Waals surface area contributed by atoms with Crippen LogP contribution in [0.5, 0.6) is 0 Å². The summed E-state index contributed by atoms with van der Waals surface area (Å²) in [5.74, 6) is 0. The second kappa shape index (κ2) is 7.68. The Labute approximate surface area is 166 Å². The number of hydrogen-bond acceptors (Lipinski definition) is 3. The molecule has 0 aliphatic rings. The van der Waals surface area contributed by atoms with Crippen molar-refractivity contribution in [3.63, 3.8) is 0 Å². The third-order valence-corrected chi connectivity index (χ3v) is 6.55. The van der Waals surface area contributed by atoms with Crippen LogP contribution in [0, 0.1) is 0 Å². The van der Waals surface area contributed by atoms with E-state index in [0.717, 1.165) is 16.1 Å². The molecule has 0 fully saturated rings. The summed E-state index contributed by atoms with van der Waals surface area (Å²) in [6, 6.07) is 10.5. The van der Waals surface area contributed by atoms with Gasteiger partial charge in [-0.2, -0.15) is 0 Å². The first-order valence-corrected chi connectivity index (χ1v) is 13.3. The Morgan fingerprint density at radius 2 is 1.96 bits per heavy atom. The maximum absolute atomic E-state index is 12.3. The Balaban J connectivity index is 1.92. The molecule has 5 nitrogen and oxygen atoms in total. The minimum absolute atomic E-state index is 0.178. The number of hydrogen-bond donors (Lipinski definition) is 1. The molecule has 0 unspecified atom stereocenters. The van der Waals surface area contributed by atoms with Crippen molar-refractivity contribution in [2.24, 2.45) is 0 Å². The molecule has 0 aliphatic carbocycles. The van der Waals surface area contributed by atoms with Gasteiger partial charge in [-0.1, -0.05) is 59.3 Å². The van der Waals surface area contributed by atoms with Crippen molar-refractivity contribution in [2.45, 2.75) is 32.4 Å². The van der Waals surface area contributed by atoms with Gasteiger partial charge in [0.25, 0.3) is 0 Å². The summed E-state index contributed by atoms with van der Waals surface area (Å²) >= 11 is 9.81. The van der Waals surface area contributed by atoms with E-state index in [1.807, 2.05) is 24.3 Å². The Bertz CT molecular complexity index is 977. The number of ether oxygens (including phenoxy) is 1. The van der Waals surface area contributed by atoms with Crippen LogP contribution in [0.4, 0.5) is 0 Å². The third kappa shape index (κ3) is 4.46. The van der Waals surface area contributed by atoms with Gasteiger partial charge in [0.1, 0.15) is 6.73 Å². The molecular weight excluding hydrogens is 434 g/mol. The summed E-state index contributed by atoms with van der Waals surface area (Å²) in [5.41, 5.74) is 2.44. The number of nitrogens with one attached hydrogen (secondary N) is 1. The standard InChI is InChI=1S/C18H21BrClN3O2Si/c1-26(2,3)9-8-25-11-23-17-15(21-18(23)24)10-14(20)16(22-17)12-4-6-13(19)7-5-12/h4-7,10H,8-9,11H2,1-3H3,(H,21,24). The minimum atomic E-state index is -1.17. The van der Waals surface area contributed by atoms with E-state index < -0.39 is 8.07 Å². The molecule has 0 atom stereocenters. The Hall–Kier alpha value is -1.41. The second-order valence-corrected chi connectivity index (χ2v) is 14.3. The predicted octanol–water partition coefficient (Wildman–Crippen LogP) is 5.12. The van der Waals surface area contributed by atoms with Crippen molar-refractivity contribution in [2.75, 3.05) is 6.61 Å². The van der Waals surface area contributed by atoms with E-state index in [9.17, 15) is 4.79 Å². The first-order chi connectivity index (χ1) is 12.2. The molecule has 0 saturated heterocycles. The number of aromatic amines is 1. The van der Waals surface area contributed by atoms with Gasteiger partial charge in [-0.15, -0.1) is 0 Å². The van der Waals surface area contributed by atoms with Crippen LogP contribution >= 0.6 is 27.5 Å². The molecule has 1 aromatic carbocycles. The van der Waals surface area contributed by atoms with Crippen LogP contribution in [0.3, 0.4) is 0 Å². The topological polar surface area (TPSA) is 59.9 Å². The van der Waals surface area contributed by atoms with Crippen molar-refractivity contribution in [3.05, 3.63) is 50.3 Å². The number of benzene rings is 1. The summed E-state index contributed by atoms with van der Waals surface area (Å²) < 4.78 is 8.22. The van der Waals surface area contributed by atoms with Gasteiger partial charge in [-0.25, -0.2) is 9.78 Å². The Morgan fingerprint density at radius 3 is 2.62 bits per heavy atom. The first kappa shape index (κ1) is 19.4. The van der Waals surface area contributed by atoms with E-state index in [1.54, 1.807) is 6.07 Å². The van der Waals surface area contributed by atoms with E-state index >= 15 is 0 Å². The highest BCUT2D eigenvalue weighted by Gasteiger charge is 2.15. The summed E-state index contributed by atoms with van der Waals surface area (Å²) in [4.78, 5) is 19.7. The fourth-order valence-electron chi connectivity index (χ4n) is 2.52. The largest absolute Gasteiger partial charge is 0.361 e. The third-order valence-electron chi connectivity index (χ3n) is 4.03. The van der Waals surface area contributed by atoms with Gasteiger partial charge < -0.3 is 9.72 Å². The van der Waals surface area contributed by atoms with E-state index in [2.05, 4.69) is 45.5 Å². The second-order valence-electron chi connectivity index (χ2n) is 7.40. The van der Waals surface area contributed by atoms with Gasteiger partial charge in [0.2, 0.25) is 0 Å². The van der Waals surface area contributed by atoms with E-state index in [0.29, 0.717) is 28.5 Å². The lowest BCUT2D eigenvalue weighted by molar-refractivity contribution is 0.0874. The zero-order chi connectivity index (χ0) is 18.9. The van der Waals surface area contributed by atoms with Crippen LogP contribution in [0.2, 0.25) is 30.7 Å². The van der Waals surface area contributed by atoms with Crippen LogP contribution in [-0.2, 0) is 11.5 Å². The van der Waals surface area contributed by atoms with Gasteiger partial charge in [0.05, 0.1) is 16.2 Å². The van der Waals surface area contributed by atoms with Gasteiger partial charge in [0, 0.05) is 24.7 Å². The van der Waals surface area contributed by atoms with E-state index in [1.165, 1.54) is 4.57 Å². The molecule has 138 valence electrons. The zero-order valence-corrected chi connectivity index (χ0v) is 18.3. The summed E-state index contributed by atoms with van der Waals surface area (Å²) in [7, 11) is -1.17. The van der Waals surface area contributed by atoms with Crippen LogP contribution in [-0.4, -0.2) is 29.2 Å². The molecular formula is C18H21BrClN3O2Si. The monoisotopic (exact) mass is 453 g/mol. The molecule has 0 aliphatic heterocycles. The van der Waals surface area contributed by atoms with Crippen LogP contribution in [0.15, 0.2) is 39.6 Å². The highest BCUT2D eigenvalue weighted by Crippen LogP contribution is 2.29. The van der Waals surface area contributed by atoms with Crippen molar-refractivity contribution in [1.82, 2.24) is 14.5 Å². The van der Waals surface area contributed by atoms with Gasteiger partial charge in [0.15, 0.2) is 5.65 Å². The number of H-pyrrole nitrogens is 1. The molecule has 3 aromatic rings. The van der Waals surface area contributed by atoms with E-state index in [-0.39, 0.29) is 12.4 Å². The van der Waals surface area contributed by atoms with Crippen molar-refractivity contribution >= 4 is 46.8 Å². The predicted molar refractivity (Wildman–Crippen MR) is 113 cm³/mol. The van der Waals surface area contributed by atoms with Crippen molar-refractivity contribution < 1.29 is 4.74 Å². The number of imidazole rings is 1. The number of fused-ring (bicyclic) bond motifs is 1. The Morgan fingerprint density at radius 1 is 1.27 bits per heavy atom. The van der Waals surface area contributed by atoms with Gasteiger partial charge in [-0.05, 0) is 24.2 Å². The molecule has 2 heterocycles. The van der Waals surface area contributed by atoms with Crippen molar-refractivity contribution in [1.29, 1.82) is 0 Å². The summed E-state index contributed by atoms with van der Waals surface area (Å²) in [6.07, 6.45) is 0. The molecule has 3 rings (SSSR count). The maximum atomic E-state index is 12.3.